The third-order valence-corrected chi connectivity index (χ3v) is 3.27. The highest BCUT2D eigenvalue weighted by atomic mass is 19.1. The van der Waals surface area contributed by atoms with Gasteiger partial charge in [0, 0.05) is 6.20 Å². The topological polar surface area (TPSA) is 53.4 Å². The molecule has 0 radical (unpaired) electrons. The van der Waals surface area contributed by atoms with Gasteiger partial charge < -0.3 is 10.0 Å². The van der Waals surface area contributed by atoms with E-state index >= 15 is 0 Å². The van der Waals surface area contributed by atoms with Gasteiger partial charge in [0.25, 0.3) is 5.91 Å². The third kappa shape index (κ3) is 2.15. The Hall–Kier alpha value is -1.49. The Balaban J connectivity index is 2.02. The van der Waals surface area contributed by atoms with Gasteiger partial charge in [-0.2, -0.15) is 4.39 Å². The maximum Gasteiger partial charge on any atom is 0.255 e. The van der Waals surface area contributed by atoms with Crippen LogP contribution in [0.1, 0.15) is 24.2 Å². The lowest BCUT2D eigenvalue weighted by molar-refractivity contribution is -0.110. The second-order valence-corrected chi connectivity index (χ2v) is 4.79. The van der Waals surface area contributed by atoms with Crippen molar-refractivity contribution >= 4 is 5.91 Å². The van der Waals surface area contributed by atoms with Crippen LogP contribution in [0.25, 0.3) is 0 Å². The summed E-state index contributed by atoms with van der Waals surface area (Å²) >= 11 is 0. The Morgan fingerprint density at radius 2 is 2.18 bits per heavy atom. The zero-order valence-electron chi connectivity index (χ0n) is 9.85. The summed E-state index contributed by atoms with van der Waals surface area (Å²) in [7, 11) is 0. The van der Waals surface area contributed by atoms with Crippen LogP contribution in [-0.4, -0.2) is 39.6 Å². The van der Waals surface area contributed by atoms with Gasteiger partial charge in [-0.15, -0.1) is 0 Å². The van der Waals surface area contributed by atoms with Crippen molar-refractivity contribution < 1.29 is 14.3 Å². The minimum atomic E-state index is -0.789. The van der Waals surface area contributed by atoms with Crippen LogP contribution in [0, 0.1) is 11.9 Å². The SMILES string of the molecule is CC(C)C1(O)CN(C(=O)c2ccc(F)nc2)C1. The summed E-state index contributed by atoms with van der Waals surface area (Å²) < 4.78 is 12.6. The van der Waals surface area contributed by atoms with Crippen LogP contribution in [0.5, 0.6) is 0 Å². The van der Waals surface area contributed by atoms with Gasteiger partial charge in [0.15, 0.2) is 0 Å². The number of nitrogens with zero attached hydrogens (tertiary/aromatic N) is 2. The lowest BCUT2D eigenvalue weighted by atomic mass is 9.83. The molecular formula is C12H15FN2O2. The molecule has 2 heterocycles. The van der Waals surface area contributed by atoms with Crippen molar-refractivity contribution in [2.45, 2.75) is 19.4 Å². The number of β-amino-alcohol motifs (C(OH)–C–C–N with tert-alkyl or cyclic N) is 1. The van der Waals surface area contributed by atoms with Crippen molar-refractivity contribution in [3.63, 3.8) is 0 Å². The van der Waals surface area contributed by atoms with Crippen molar-refractivity contribution in [2.75, 3.05) is 13.1 Å². The molecular weight excluding hydrogens is 223 g/mol. The number of halogens is 1. The molecule has 1 N–H and O–H groups in total. The number of likely N-dealkylation sites (tertiary alicyclic amines) is 1. The zero-order valence-corrected chi connectivity index (χ0v) is 9.85. The zero-order chi connectivity index (χ0) is 12.6. The summed E-state index contributed by atoms with van der Waals surface area (Å²) in [6.45, 7) is 4.48. The molecule has 2 rings (SSSR count). The van der Waals surface area contributed by atoms with Crippen molar-refractivity contribution in [3.8, 4) is 0 Å². The molecule has 1 aliphatic rings. The first-order valence-corrected chi connectivity index (χ1v) is 5.55. The van der Waals surface area contributed by atoms with Gasteiger partial charge >= 0.3 is 0 Å². The van der Waals surface area contributed by atoms with Crippen molar-refractivity contribution in [1.29, 1.82) is 0 Å². The average molecular weight is 238 g/mol. The van der Waals surface area contributed by atoms with Gasteiger partial charge in [-0.25, -0.2) is 4.98 Å². The van der Waals surface area contributed by atoms with E-state index in [1.165, 1.54) is 17.2 Å². The highest BCUT2D eigenvalue weighted by Crippen LogP contribution is 2.29. The normalized spacial score (nSPS) is 18.1. The van der Waals surface area contributed by atoms with Gasteiger partial charge in [-0.3, -0.25) is 4.79 Å². The monoisotopic (exact) mass is 238 g/mol. The maximum absolute atomic E-state index is 12.6. The molecule has 1 aromatic rings. The minimum Gasteiger partial charge on any atom is -0.386 e. The summed E-state index contributed by atoms with van der Waals surface area (Å²) in [5.74, 6) is -0.718. The highest BCUT2D eigenvalue weighted by Gasteiger charge is 2.45. The first-order valence-electron chi connectivity index (χ1n) is 5.55. The van der Waals surface area contributed by atoms with Crippen molar-refractivity contribution in [3.05, 3.63) is 29.8 Å². The lowest BCUT2D eigenvalue weighted by Crippen LogP contribution is -2.65. The molecule has 0 aromatic carbocycles. The molecule has 0 saturated carbocycles. The third-order valence-electron chi connectivity index (χ3n) is 3.27. The number of aliphatic hydroxyl groups is 1. The molecule has 92 valence electrons. The number of hydrogen-bond acceptors (Lipinski definition) is 3. The predicted octanol–water partition coefficient (Wildman–Crippen LogP) is 1.06. The Kier molecular flexibility index (Phi) is 2.87. The van der Waals surface area contributed by atoms with E-state index in [4.69, 9.17) is 0 Å². The summed E-state index contributed by atoms with van der Waals surface area (Å²) in [5.41, 5.74) is -0.444. The Morgan fingerprint density at radius 1 is 1.53 bits per heavy atom. The second-order valence-electron chi connectivity index (χ2n) is 4.79. The summed E-state index contributed by atoms with van der Waals surface area (Å²) in [5, 5.41) is 10.0. The number of hydrogen-bond donors (Lipinski definition) is 1. The molecule has 1 saturated heterocycles. The lowest BCUT2D eigenvalue weighted by Gasteiger charge is -2.49. The van der Waals surface area contributed by atoms with E-state index in [2.05, 4.69) is 4.98 Å². The van der Waals surface area contributed by atoms with E-state index in [9.17, 15) is 14.3 Å². The van der Waals surface area contributed by atoms with Crippen LogP contribution >= 0.6 is 0 Å². The van der Waals surface area contributed by atoms with Crippen molar-refractivity contribution in [2.24, 2.45) is 5.92 Å². The molecule has 17 heavy (non-hydrogen) atoms. The summed E-state index contributed by atoms with van der Waals surface area (Å²) in [4.78, 5) is 16.9. The van der Waals surface area contributed by atoms with E-state index in [0.717, 1.165) is 6.07 Å². The molecule has 4 nitrogen and oxygen atoms in total. The van der Waals surface area contributed by atoms with E-state index in [1.54, 1.807) is 0 Å². The molecule has 0 aliphatic carbocycles. The van der Waals surface area contributed by atoms with Crippen LogP contribution < -0.4 is 0 Å². The van der Waals surface area contributed by atoms with E-state index in [0.29, 0.717) is 18.7 Å². The molecule has 5 heteroatoms. The first-order chi connectivity index (χ1) is 7.92. The van der Waals surface area contributed by atoms with Crippen LogP contribution in [0.4, 0.5) is 4.39 Å². The summed E-state index contributed by atoms with van der Waals surface area (Å²) in [6, 6.07) is 2.55. The fourth-order valence-electron chi connectivity index (χ4n) is 1.81. The molecule has 0 atom stereocenters. The largest absolute Gasteiger partial charge is 0.386 e. The second kappa shape index (κ2) is 4.07. The minimum absolute atomic E-state index is 0.109. The molecule has 1 aliphatic heterocycles. The molecule has 0 bridgehead atoms. The van der Waals surface area contributed by atoms with E-state index in [-0.39, 0.29) is 11.8 Å². The van der Waals surface area contributed by atoms with Crippen LogP contribution in [0.2, 0.25) is 0 Å². The number of pyridine rings is 1. The molecule has 1 aromatic heterocycles. The van der Waals surface area contributed by atoms with Gasteiger partial charge in [0.05, 0.1) is 18.7 Å². The predicted molar refractivity (Wildman–Crippen MR) is 59.9 cm³/mol. The quantitative estimate of drug-likeness (QED) is 0.784. The van der Waals surface area contributed by atoms with Gasteiger partial charge in [0.2, 0.25) is 5.95 Å². The smallest absolute Gasteiger partial charge is 0.255 e. The van der Waals surface area contributed by atoms with Crippen LogP contribution in [-0.2, 0) is 0 Å². The van der Waals surface area contributed by atoms with Gasteiger partial charge in [0.1, 0.15) is 5.60 Å². The fraction of sp³-hybridized carbons (Fsp3) is 0.500. The Morgan fingerprint density at radius 3 is 2.65 bits per heavy atom. The molecule has 0 unspecified atom stereocenters. The van der Waals surface area contributed by atoms with E-state index in [1.807, 2.05) is 13.8 Å². The van der Waals surface area contributed by atoms with Crippen LogP contribution in [0.3, 0.4) is 0 Å². The fourth-order valence-corrected chi connectivity index (χ4v) is 1.81. The standard InChI is InChI=1S/C12H15FN2O2/c1-8(2)12(17)6-15(7-12)11(16)9-3-4-10(13)14-5-9/h3-5,8,17H,6-7H2,1-2H3. The Bertz CT molecular complexity index is 425. The average Bonchev–Trinajstić information content (AvgIpc) is 2.24. The Labute approximate surface area is 99.1 Å². The number of carbonyl (C=O) groups is 1. The van der Waals surface area contributed by atoms with Gasteiger partial charge in [-0.05, 0) is 18.1 Å². The number of aromatic nitrogens is 1. The summed E-state index contributed by atoms with van der Waals surface area (Å²) in [6.07, 6.45) is 1.21. The first kappa shape index (κ1) is 12.0. The van der Waals surface area contributed by atoms with Crippen LogP contribution in [0.15, 0.2) is 18.3 Å². The molecule has 1 amide bonds. The number of rotatable bonds is 2. The maximum atomic E-state index is 12.6. The highest BCUT2D eigenvalue weighted by molar-refractivity contribution is 5.94. The number of amides is 1. The molecule has 1 fully saturated rings. The molecule has 0 spiro atoms. The number of carbonyl (C=O) groups excluding carboxylic acids is 1. The van der Waals surface area contributed by atoms with Gasteiger partial charge in [-0.1, -0.05) is 13.8 Å². The van der Waals surface area contributed by atoms with Crippen molar-refractivity contribution in [1.82, 2.24) is 9.88 Å². The van der Waals surface area contributed by atoms with E-state index < -0.39 is 11.5 Å².